The van der Waals surface area contributed by atoms with Crippen LogP contribution in [0.25, 0.3) is 0 Å². The molecule has 98 valence electrons. The van der Waals surface area contributed by atoms with E-state index in [1.807, 2.05) is 0 Å². The lowest BCUT2D eigenvalue weighted by Crippen LogP contribution is -2.00. The molecule has 1 aromatic heterocycles. The topological polar surface area (TPSA) is 59.4 Å². The van der Waals surface area contributed by atoms with Crippen LogP contribution in [0.15, 0.2) is 30.5 Å². The van der Waals surface area contributed by atoms with Gasteiger partial charge >= 0.3 is 5.97 Å². The summed E-state index contributed by atoms with van der Waals surface area (Å²) in [5.41, 5.74) is -0.200. The third kappa shape index (κ3) is 2.79. The summed E-state index contributed by atoms with van der Waals surface area (Å²) in [5, 5.41) is 8.64. The Labute approximate surface area is 111 Å². The van der Waals surface area contributed by atoms with E-state index in [0.29, 0.717) is 0 Å². The molecule has 0 saturated heterocycles. The molecule has 0 saturated carbocycles. The Morgan fingerprint density at radius 2 is 2.00 bits per heavy atom. The second-order valence-corrected chi connectivity index (χ2v) is 3.84. The first kappa shape index (κ1) is 13.2. The minimum Gasteiger partial charge on any atom is -0.478 e. The number of aromatic carboxylic acids is 1. The van der Waals surface area contributed by atoms with Gasteiger partial charge in [0, 0.05) is 12.3 Å². The highest BCUT2D eigenvalue weighted by atomic mass is 35.5. The Bertz CT molecular complexity index is 649. The van der Waals surface area contributed by atoms with E-state index in [1.165, 1.54) is 18.3 Å². The summed E-state index contributed by atoms with van der Waals surface area (Å²) in [7, 11) is 0. The van der Waals surface area contributed by atoms with Crippen molar-refractivity contribution in [1.29, 1.82) is 0 Å². The number of hydrogen-bond acceptors (Lipinski definition) is 3. The molecular formula is C12H6ClF2NO3. The molecule has 1 N–H and O–H groups in total. The molecule has 19 heavy (non-hydrogen) atoms. The van der Waals surface area contributed by atoms with E-state index >= 15 is 0 Å². The van der Waals surface area contributed by atoms with Gasteiger partial charge in [-0.3, -0.25) is 0 Å². The summed E-state index contributed by atoms with van der Waals surface area (Å²) in [6, 6.07) is 4.05. The molecular weight excluding hydrogens is 280 g/mol. The minimum absolute atomic E-state index is 0.0455. The van der Waals surface area contributed by atoms with Gasteiger partial charge in [0.1, 0.15) is 10.8 Å². The van der Waals surface area contributed by atoms with Gasteiger partial charge in [-0.15, -0.1) is 0 Å². The molecule has 0 radical (unpaired) electrons. The van der Waals surface area contributed by atoms with Crippen LogP contribution >= 0.6 is 11.6 Å². The minimum atomic E-state index is -1.25. The van der Waals surface area contributed by atoms with E-state index in [2.05, 4.69) is 4.98 Å². The molecule has 0 bridgehead atoms. The zero-order chi connectivity index (χ0) is 14.0. The van der Waals surface area contributed by atoms with Gasteiger partial charge in [-0.25, -0.2) is 18.6 Å². The van der Waals surface area contributed by atoms with Crippen LogP contribution in [0.5, 0.6) is 11.6 Å². The quantitative estimate of drug-likeness (QED) is 0.937. The molecule has 0 amide bonds. The molecule has 0 aliphatic heterocycles. The molecule has 0 spiro atoms. The van der Waals surface area contributed by atoms with Crippen LogP contribution in [0.3, 0.4) is 0 Å². The molecule has 0 aliphatic rings. The van der Waals surface area contributed by atoms with Gasteiger partial charge in [-0.05, 0) is 18.2 Å². The van der Waals surface area contributed by atoms with Crippen LogP contribution in [0.1, 0.15) is 10.4 Å². The number of nitrogens with zero attached hydrogens (tertiary/aromatic N) is 1. The van der Waals surface area contributed by atoms with Crippen LogP contribution in [0, 0.1) is 11.6 Å². The Kier molecular flexibility index (Phi) is 3.62. The molecule has 4 nitrogen and oxygen atoms in total. The monoisotopic (exact) mass is 285 g/mol. The lowest BCUT2D eigenvalue weighted by molar-refractivity contribution is 0.0696. The van der Waals surface area contributed by atoms with Crippen LogP contribution in [-0.2, 0) is 0 Å². The van der Waals surface area contributed by atoms with Crippen molar-refractivity contribution in [2.24, 2.45) is 0 Å². The first-order valence-corrected chi connectivity index (χ1v) is 5.37. The highest BCUT2D eigenvalue weighted by Crippen LogP contribution is 2.30. The predicted octanol–water partition coefficient (Wildman–Crippen LogP) is 3.50. The van der Waals surface area contributed by atoms with Gasteiger partial charge in [0.05, 0.1) is 5.56 Å². The van der Waals surface area contributed by atoms with Gasteiger partial charge in [-0.2, -0.15) is 0 Å². The molecule has 1 heterocycles. The molecule has 0 aliphatic carbocycles. The second kappa shape index (κ2) is 5.19. The van der Waals surface area contributed by atoms with E-state index in [0.717, 1.165) is 12.1 Å². The highest BCUT2D eigenvalue weighted by molar-refractivity contribution is 6.34. The summed E-state index contributed by atoms with van der Waals surface area (Å²) in [6.45, 7) is 0. The summed E-state index contributed by atoms with van der Waals surface area (Å²) in [4.78, 5) is 14.6. The number of carboxylic acids is 1. The normalized spacial score (nSPS) is 10.3. The van der Waals surface area contributed by atoms with Crippen molar-refractivity contribution in [3.05, 3.63) is 52.7 Å². The number of rotatable bonds is 3. The maximum absolute atomic E-state index is 13.0. The van der Waals surface area contributed by atoms with Crippen molar-refractivity contribution < 1.29 is 23.4 Å². The number of carboxylic acid groups (broad SMARTS) is 1. The second-order valence-electron chi connectivity index (χ2n) is 3.46. The van der Waals surface area contributed by atoms with Crippen molar-refractivity contribution >= 4 is 17.6 Å². The fraction of sp³-hybridized carbons (Fsp3) is 0. The zero-order valence-corrected chi connectivity index (χ0v) is 9.99. The number of hydrogen-bond donors (Lipinski definition) is 1. The van der Waals surface area contributed by atoms with Gasteiger partial charge in [0.2, 0.25) is 5.88 Å². The maximum atomic E-state index is 13.0. The van der Waals surface area contributed by atoms with Gasteiger partial charge in [-0.1, -0.05) is 11.6 Å². The van der Waals surface area contributed by atoms with Crippen molar-refractivity contribution in [1.82, 2.24) is 4.98 Å². The summed E-state index contributed by atoms with van der Waals surface area (Å²) in [5.74, 6) is -3.61. The lowest BCUT2D eigenvalue weighted by atomic mass is 10.2. The van der Waals surface area contributed by atoms with E-state index in [9.17, 15) is 13.6 Å². The first-order valence-electron chi connectivity index (χ1n) is 4.99. The van der Waals surface area contributed by atoms with E-state index in [1.54, 1.807) is 0 Å². The number of pyridine rings is 1. The standard InChI is InChI=1S/C12H6ClF2NO3/c13-10-7(12(17)18)3-4-16-11(10)19-6-1-2-8(14)9(15)5-6/h1-5H,(H,17,18). The average molecular weight is 286 g/mol. The number of ether oxygens (including phenoxy) is 1. The van der Waals surface area contributed by atoms with Gasteiger partial charge in [0.25, 0.3) is 0 Å². The van der Waals surface area contributed by atoms with Gasteiger partial charge in [0.15, 0.2) is 11.6 Å². The smallest absolute Gasteiger partial charge is 0.337 e. The molecule has 1 aromatic carbocycles. The number of benzene rings is 1. The Morgan fingerprint density at radius 3 is 2.63 bits per heavy atom. The summed E-state index contributed by atoms with van der Waals surface area (Å²) in [6.07, 6.45) is 1.19. The van der Waals surface area contributed by atoms with E-state index in [4.69, 9.17) is 21.4 Å². The number of halogens is 3. The van der Waals surface area contributed by atoms with E-state index in [-0.39, 0.29) is 22.2 Å². The largest absolute Gasteiger partial charge is 0.478 e. The molecule has 2 rings (SSSR count). The summed E-state index contributed by atoms with van der Waals surface area (Å²) < 4.78 is 30.8. The van der Waals surface area contributed by atoms with E-state index < -0.39 is 17.6 Å². The fourth-order valence-electron chi connectivity index (χ4n) is 1.31. The Morgan fingerprint density at radius 1 is 1.26 bits per heavy atom. The Balaban J connectivity index is 2.35. The molecule has 7 heteroatoms. The SMILES string of the molecule is O=C(O)c1ccnc(Oc2ccc(F)c(F)c2)c1Cl. The number of aromatic nitrogens is 1. The zero-order valence-electron chi connectivity index (χ0n) is 9.23. The molecule has 0 atom stereocenters. The average Bonchev–Trinajstić information content (AvgIpc) is 2.36. The lowest BCUT2D eigenvalue weighted by Gasteiger charge is -2.08. The van der Waals surface area contributed by atoms with Crippen LogP contribution in [0.2, 0.25) is 5.02 Å². The predicted molar refractivity (Wildman–Crippen MR) is 62.6 cm³/mol. The van der Waals surface area contributed by atoms with Crippen molar-refractivity contribution in [3.63, 3.8) is 0 Å². The molecule has 2 aromatic rings. The Hall–Kier alpha value is -2.21. The highest BCUT2D eigenvalue weighted by Gasteiger charge is 2.15. The maximum Gasteiger partial charge on any atom is 0.337 e. The van der Waals surface area contributed by atoms with Gasteiger partial charge < -0.3 is 9.84 Å². The fourth-order valence-corrected chi connectivity index (χ4v) is 1.54. The molecule has 0 unspecified atom stereocenters. The third-order valence-electron chi connectivity index (χ3n) is 2.19. The summed E-state index contributed by atoms with van der Waals surface area (Å²) >= 11 is 5.79. The van der Waals surface area contributed by atoms with Crippen molar-refractivity contribution in [2.45, 2.75) is 0 Å². The third-order valence-corrected chi connectivity index (χ3v) is 2.56. The van der Waals surface area contributed by atoms with Crippen molar-refractivity contribution in [2.75, 3.05) is 0 Å². The van der Waals surface area contributed by atoms with Crippen LogP contribution in [-0.4, -0.2) is 16.1 Å². The van der Waals surface area contributed by atoms with Crippen LogP contribution < -0.4 is 4.74 Å². The van der Waals surface area contributed by atoms with Crippen LogP contribution in [0.4, 0.5) is 8.78 Å². The number of carbonyl (C=O) groups is 1. The first-order chi connectivity index (χ1) is 8.99. The molecule has 0 fully saturated rings. The van der Waals surface area contributed by atoms with Crippen molar-refractivity contribution in [3.8, 4) is 11.6 Å².